The molecule has 1 aliphatic rings. The van der Waals surface area contributed by atoms with Crippen molar-refractivity contribution in [2.45, 2.75) is 6.04 Å². The van der Waals surface area contributed by atoms with Crippen LogP contribution in [-0.2, 0) is 4.74 Å². The van der Waals surface area contributed by atoms with Gasteiger partial charge in [0.15, 0.2) is 0 Å². The van der Waals surface area contributed by atoms with E-state index in [-0.39, 0.29) is 27.7 Å². The average Bonchev–Trinajstić information content (AvgIpc) is 2.23. The molecule has 0 unspecified atom stereocenters. The van der Waals surface area contributed by atoms with Crippen LogP contribution < -0.4 is 5.32 Å². The van der Waals surface area contributed by atoms with Gasteiger partial charge in [0, 0.05) is 6.07 Å². The van der Waals surface area contributed by atoms with Gasteiger partial charge < -0.3 is 10.1 Å². The number of carbonyl (C=O) groups is 1. The maximum Gasteiger partial charge on any atom is 0.284 e. The summed E-state index contributed by atoms with van der Waals surface area (Å²) in [6.45, 7) is 0.969. The fraction of sp³-hybridized carbons (Fsp3) is 0.300. The van der Waals surface area contributed by atoms with E-state index in [1.165, 1.54) is 18.2 Å². The standard InChI is InChI=1S/C10H9BrN2O4/c11-9-7(2-1-3-8(9)13(15)16)10(14)12-6-4-17-5-6/h1-3,6H,4-5H2,(H,12,14). The molecule has 0 aromatic heterocycles. The molecule has 0 spiro atoms. The number of nitrogens with zero attached hydrogens (tertiary/aromatic N) is 1. The van der Waals surface area contributed by atoms with Gasteiger partial charge in [0.1, 0.15) is 4.47 Å². The van der Waals surface area contributed by atoms with Crippen molar-refractivity contribution < 1.29 is 14.5 Å². The Bertz CT molecular complexity index is 473. The highest BCUT2D eigenvalue weighted by atomic mass is 79.9. The number of hydrogen-bond donors (Lipinski definition) is 1. The number of carbonyl (C=O) groups excluding carboxylic acids is 1. The summed E-state index contributed by atoms with van der Waals surface area (Å²) in [5.41, 5.74) is 0.133. The second kappa shape index (κ2) is 4.80. The van der Waals surface area contributed by atoms with Crippen molar-refractivity contribution in [3.8, 4) is 0 Å². The molecular weight excluding hydrogens is 292 g/mol. The zero-order chi connectivity index (χ0) is 12.4. The lowest BCUT2D eigenvalue weighted by Crippen LogP contribution is -2.48. The summed E-state index contributed by atoms with van der Waals surface area (Å²) in [5, 5.41) is 13.4. The number of benzene rings is 1. The Hall–Kier alpha value is -1.47. The van der Waals surface area contributed by atoms with E-state index in [9.17, 15) is 14.9 Å². The highest BCUT2D eigenvalue weighted by Gasteiger charge is 2.24. The Kier molecular flexibility index (Phi) is 3.39. The molecule has 0 aliphatic carbocycles. The molecule has 0 atom stereocenters. The number of ether oxygens (including phenoxy) is 1. The topological polar surface area (TPSA) is 81.5 Å². The molecule has 1 N–H and O–H groups in total. The number of hydrogen-bond acceptors (Lipinski definition) is 4. The van der Waals surface area contributed by atoms with Gasteiger partial charge in [-0.1, -0.05) is 6.07 Å². The summed E-state index contributed by atoms with van der Waals surface area (Å²) in [5.74, 6) is -0.339. The van der Waals surface area contributed by atoms with Gasteiger partial charge in [0.05, 0.1) is 29.7 Å². The summed E-state index contributed by atoms with van der Waals surface area (Å²) in [7, 11) is 0. The van der Waals surface area contributed by atoms with Crippen molar-refractivity contribution in [1.82, 2.24) is 5.32 Å². The number of halogens is 1. The second-order valence-electron chi connectivity index (χ2n) is 3.60. The van der Waals surface area contributed by atoms with E-state index in [2.05, 4.69) is 21.2 Å². The zero-order valence-electron chi connectivity index (χ0n) is 8.68. The molecule has 1 heterocycles. The molecular formula is C10H9BrN2O4. The maximum absolute atomic E-state index is 11.8. The zero-order valence-corrected chi connectivity index (χ0v) is 10.3. The fourth-order valence-electron chi connectivity index (χ4n) is 1.42. The first-order chi connectivity index (χ1) is 8.09. The van der Waals surface area contributed by atoms with Gasteiger partial charge in [-0.2, -0.15) is 0 Å². The third kappa shape index (κ3) is 2.45. The third-order valence-electron chi connectivity index (χ3n) is 2.39. The van der Waals surface area contributed by atoms with Crippen LogP contribution >= 0.6 is 15.9 Å². The van der Waals surface area contributed by atoms with Crippen LogP contribution in [0.15, 0.2) is 22.7 Å². The van der Waals surface area contributed by atoms with Crippen molar-refractivity contribution in [3.63, 3.8) is 0 Å². The Morgan fingerprint density at radius 1 is 1.53 bits per heavy atom. The largest absolute Gasteiger partial charge is 0.377 e. The first kappa shape index (κ1) is 12.0. The molecule has 1 amide bonds. The molecule has 1 aromatic rings. The smallest absolute Gasteiger partial charge is 0.284 e. The number of amides is 1. The fourth-order valence-corrected chi connectivity index (χ4v) is 2.01. The predicted octanol–water partition coefficient (Wildman–Crippen LogP) is 1.49. The second-order valence-corrected chi connectivity index (χ2v) is 4.40. The van der Waals surface area contributed by atoms with Crippen LogP contribution in [0.2, 0.25) is 0 Å². The number of nitro benzene ring substituents is 1. The lowest BCUT2D eigenvalue weighted by atomic mass is 10.1. The van der Waals surface area contributed by atoms with E-state index < -0.39 is 4.92 Å². The summed E-state index contributed by atoms with van der Waals surface area (Å²) >= 11 is 3.08. The Labute approximate surface area is 105 Å². The molecule has 1 saturated heterocycles. The van der Waals surface area contributed by atoms with Gasteiger partial charge in [0.25, 0.3) is 11.6 Å². The van der Waals surface area contributed by atoms with E-state index in [0.29, 0.717) is 13.2 Å². The Morgan fingerprint density at radius 3 is 2.76 bits per heavy atom. The van der Waals surface area contributed by atoms with E-state index in [4.69, 9.17) is 4.74 Å². The Morgan fingerprint density at radius 2 is 2.24 bits per heavy atom. The summed E-state index contributed by atoms with van der Waals surface area (Å²) in [4.78, 5) is 22.0. The molecule has 7 heteroatoms. The molecule has 1 fully saturated rings. The summed E-state index contributed by atoms with van der Waals surface area (Å²) in [6, 6.07) is 4.35. The van der Waals surface area contributed by atoms with Crippen LogP contribution in [0.25, 0.3) is 0 Å². The van der Waals surface area contributed by atoms with Crippen molar-refractivity contribution in [1.29, 1.82) is 0 Å². The van der Waals surface area contributed by atoms with Gasteiger partial charge in [-0.05, 0) is 22.0 Å². The lowest BCUT2D eigenvalue weighted by Gasteiger charge is -2.26. The van der Waals surface area contributed by atoms with Crippen molar-refractivity contribution in [2.75, 3.05) is 13.2 Å². The van der Waals surface area contributed by atoms with E-state index >= 15 is 0 Å². The maximum atomic E-state index is 11.8. The van der Waals surface area contributed by atoms with Gasteiger partial charge in [0.2, 0.25) is 0 Å². The van der Waals surface area contributed by atoms with Gasteiger partial charge in [-0.15, -0.1) is 0 Å². The first-order valence-electron chi connectivity index (χ1n) is 4.91. The van der Waals surface area contributed by atoms with Gasteiger partial charge in [-0.25, -0.2) is 0 Å². The number of nitrogens with one attached hydrogen (secondary N) is 1. The molecule has 0 radical (unpaired) electrons. The highest BCUT2D eigenvalue weighted by molar-refractivity contribution is 9.10. The monoisotopic (exact) mass is 300 g/mol. The van der Waals surface area contributed by atoms with Gasteiger partial charge >= 0.3 is 0 Å². The summed E-state index contributed by atoms with van der Waals surface area (Å²) in [6.07, 6.45) is 0. The number of rotatable bonds is 3. The molecule has 0 saturated carbocycles. The highest BCUT2D eigenvalue weighted by Crippen LogP contribution is 2.28. The quantitative estimate of drug-likeness (QED) is 0.677. The summed E-state index contributed by atoms with van der Waals surface area (Å²) < 4.78 is 5.13. The van der Waals surface area contributed by atoms with Crippen molar-refractivity contribution >= 4 is 27.5 Å². The third-order valence-corrected chi connectivity index (χ3v) is 3.23. The minimum absolute atomic E-state index is 0.00587. The van der Waals surface area contributed by atoms with Crippen LogP contribution in [0.4, 0.5) is 5.69 Å². The molecule has 0 bridgehead atoms. The van der Waals surface area contributed by atoms with Crippen molar-refractivity contribution in [2.24, 2.45) is 0 Å². The minimum Gasteiger partial charge on any atom is -0.377 e. The normalized spacial score (nSPS) is 15.1. The molecule has 1 aromatic carbocycles. The Balaban J connectivity index is 2.22. The van der Waals surface area contributed by atoms with Crippen LogP contribution in [0, 0.1) is 10.1 Å². The van der Waals surface area contributed by atoms with E-state index in [0.717, 1.165) is 0 Å². The van der Waals surface area contributed by atoms with Crippen LogP contribution in [0.1, 0.15) is 10.4 Å². The average molecular weight is 301 g/mol. The van der Waals surface area contributed by atoms with Crippen LogP contribution in [0.3, 0.4) is 0 Å². The number of nitro groups is 1. The lowest BCUT2D eigenvalue weighted by molar-refractivity contribution is -0.385. The molecule has 2 rings (SSSR count). The van der Waals surface area contributed by atoms with Crippen molar-refractivity contribution in [3.05, 3.63) is 38.3 Å². The first-order valence-corrected chi connectivity index (χ1v) is 5.70. The SMILES string of the molecule is O=C(NC1COC1)c1cccc([N+](=O)[O-])c1Br. The molecule has 17 heavy (non-hydrogen) atoms. The van der Waals surface area contributed by atoms with Gasteiger partial charge in [-0.3, -0.25) is 14.9 Å². The van der Waals surface area contributed by atoms with E-state index in [1.54, 1.807) is 0 Å². The van der Waals surface area contributed by atoms with E-state index in [1.807, 2.05) is 0 Å². The molecule has 1 aliphatic heterocycles. The minimum atomic E-state index is -0.534. The molecule has 6 nitrogen and oxygen atoms in total. The van der Waals surface area contributed by atoms with Crippen LogP contribution in [0.5, 0.6) is 0 Å². The predicted molar refractivity (Wildman–Crippen MR) is 62.9 cm³/mol. The molecule has 90 valence electrons. The van der Waals surface area contributed by atoms with Crippen LogP contribution in [-0.4, -0.2) is 30.1 Å².